The standard InChI is InChI=1S/C12H12Cl2N4O/c1-18-7-8(6-16-18)4-5-15-12(19)9-2-3-10(13)17-11(9)14/h2-3,6-7H,4-5H2,1H3,(H,15,19). The number of hydrogen-bond donors (Lipinski definition) is 1. The van der Waals surface area contributed by atoms with E-state index in [0.717, 1.165) is 5.56 Å². The highest BCUT2D eigenvalue weighted by Gasteiger charge is 2.11. The van der Waals surface area contributed by atoms with E-state index in [2.05, 4.69) is 15.4 Å². The van der Waals surface area contributed by atoms with Gasteiger partial charge in [-0.15, -0.1) is 0 Å². The van der Waals surface area contributed by atoms with Crippen molar-refractivity contribution >= 4 is 29.1 Å². The zero-order valence-electron chi connectivity index (χ0n) is 10.2. The zero-order chi connectivity index (χ0) is 13.8. The molecule has 0 aliphatic rings. The molecule has 0 unspecified atom stereocenters. The van der Waals surface area contributed by atoms with Crippen LogP contribution in [0, 0.1) is 0 Å². The SMILES string of the molecule is Cn1cc(CCNC(=O)c2ccc(Cl)nc2Cl)cn1. The summed E-state index contributed by atoms with van der Waals surface area (Å²) in [4.78, 5) is 15.7. The number of pyridine rings is 1. The van der Waals surface area contributed by atoms with Crippen LogP contribution in [0.15, 0.2) is 24.5 Å². The third-order valence-electron chi connectivity index (χ3n) is 2.52. The van der Waals surface area contributed by atoms with Crippen molar-refractivity contribution in [3.05, 3.63) is 46.0 Å². The predicted octanol–water partition coefficient (Wildman–Crippen LogP) is 2.09. The minimum Gasteiger partial charge on any atom is -0.352 e. The molecule has 7 heteroatoms. The quantitative estimate of drug-likeness (QED) is 0.879. The monoisotopic (exact) mass is 298 g/mol. The van der Waals surface area contributed by atoms with Crippen molar-refractivity contribution in [3.8, 4) is 0 Å². The Bertz CT molecular complexity index is 597. The number of aromatic nitrogens is 3. The van der Waals surface area contributed by atoms with Crippen molar-refractivity contribution in [3.63, 3.8) is 0 Å². The van der Waals surface area contributed by atoms with Gasteiger partial charge in [-0.2, -0.15) is 5.10 Å². The van der Waals surface area contributed by atoms with Gasteiger partial charge in [0.15, 0.2) is 0 Å². The topological polar surface area (TPSA) is 59.8 Å². The third kappa shape index (κ3) is 3.68. The molecule has 0 fully saturated rings. The molecular formula is C12H12Cl2N4O. The van der Waals surface area contributed by atoms with Gasteiger partial charge in [0, 0.05) is 19.8 Å². The molecule has 1 amide bonds. The number of amides is 1. The summed E-state index contributed by atoms with van der Waals surface area (Å²) in [5.41, 5.74) is 1.38. The van der Waals surface area contributed by atoms with E-state index >= 15 is 0 Å². The van der Waals surface area contributed by atoms with E-state index in [1.807, 2.05) is 13.2 Å². The zero-order valence-corrected chi connectivity index (χ0v) is 11.7. The Labute approximate surface area is 120 Å². The molecule has 0 aliphatic heterocycles. The molecule has 2 aromatic rings. The summed E-state index contributed by atoms with van der Waals surface area (Å²) >= 11 is 11.5. The van der Waals surface area contributed by atoms with Crippen LogP contribution in [0.5, 0.6) is 0 Å². The third-order valence-corrected chi connectivity index (χ3v) is 3.02. The molecule has 0 aliphatic carbocycles. The van der Waals surface area contributed by atoms with Crippen LogP contribution >= 0.6 is 23.2 Å². The number of halogens is 2. The van der Waals surface area contributed by atoms with Gasteiger partial charge in [-0.25, -0.2) is 4.98 Å². The van der Waals surface area contributed by atoms with Gasteiger partial charge in [0.1, 0.15) is 10.3 Å². The average Bonchev–Trinajstić information content (AvgIpc) is 2.75. The highest BCUT2D eigenvalue weighted by Crippen LogP contribution is 2.16. The van der Waals surface area contributed by atoms with Crippen molar-refractivity contribution in [2.45, 2.75) is 6.42 Å². The number of nitrogens with zero attached hydrogens (tertiary/aromatic N) is 3. The molecular weight excluding hydrogens is 287 g/mol. The number of hydrogen-bond acceptors (Lipinski definition) is 3. The first-order chi connectivity index (χ1) is 9.06. The first-order valence-electron chi connectivity index (χ1n) is 5.64. The number of aryl methyl sites for hydroxylation is 1. The van der Waals surface area contributed by atoms with Crippen LogP contribution in [0.3, 0.4) is 0 Å². The summed E-state index contributed by atoms with van der Waals surface area (Å²) in [6.45, 7) is 0.503. The molecule has 0 radical (unpaired) electrons. The van der Waals surface area contributed by atoms with Gasteiger partial charge in [-0.1, -0.05) is 23.2 Å². The molecule has 2 rings (SSSR count). The summed E-state index contributed by atoms with van der Waals surface area (Å²) < 4.78 is 1.72. The smallest absolute Gasteiger partial charge is 0.254 e. The number of carbonyl (C=O) groups excluding carboxylic acids is 1. The van der Waals surface area contributed by atoms with E-state index in [1.54, 1.807) is 16.9 Å². The molecule has 19 heavy (non-hydrogen) atoms. The largest absolute Gasteiger partial charge is 0.352 e. The molecule has 5 nitrogen and oxygen atoms in total. The maximum atomic E-state index is 11.9. The highest BCUT2D eigenvalue weighted by molar-refractivity contribution is 6.34. The lowest BCUT2D eigenvalue weighted by Gasteiger charge is -2.05. The minimum absolute atomic E-state index is 0.103. The van der Waals surface area contributed by atoms with Crippen molar-refractivity contribution in [2.24, 2.45) is 7.05 Å². The fourth-order valence-corrected chi connectivity index (χ4v) is 2.03. The Morgan fingerprint density at radius 1 is 1.42 bits per heavy atom. The van der Waals surface area contributed by atoms with Crippen LogP contribution in [0.25, 0.3) is 0 Å². The maximum Gasteiger partial charge on any atom is 0.254 e. The summed E-state index contributed by atoms with van der Waals surface area (Å²) in [6.07, 6.45) is 4.38. The fourth-order valence-electron chi connectivity index (χ4n) is 1.60. The molecule has 0 saturated carbocycles. The number of carbonyl (C=O) groups is 1. The molecule has 0 aromatic carbocycles. The van der Waals surface area contributed by atoms with Crippen LogP contribution in [0.1, 0.15) is 15.9 Å². The van der Waals surface area contributed by atoms with Gasteiger partial charge in [0.2, 0.25) is 0 Å². The Kier molecular flexibility index (Phi) is 4.39. The molecule has 2 aromatic heterocycles. The van der Waals surface area contributed by atoms with Gasteiger partial charge < -0.3 is 5.32 Å². The van der Waals surface area contributed by atoms with E-state index in [0.29, 0.717) is 18.5 Å². The van der Waals surface area contributed by atoms with Gasteiger partial charge in [0.05, 0.1) is 11.8 Å². The molecule has 0 saturated heterocycles. The Balaban J connectivity index is 1.90. The van der Waals surface area contributed by atoms with Crippen molar-refractivity contribution in [1.82, 2.24) is 20.1 Å². The predicted molar refractivity (Wildman–Crippen MR) is 73.5 cm³/mol. The van der Waals surface area contributed by atoms with Gasteiger partial charge in [-0.3, -0.25) is 9.48 Å². The van der Waals surface area contributed by atoms with E-state index in [4.69, 9.17) is 23.2 Å². The van der Waals surface area contributed by atoms with Crippen molar-refractivity contribution < 1.29 is 4.79 Å². The first kappa shape index (κ1) is 13.8. The minimum atomic E-state index is -0.266. The summed E-state index contributed by atoms with van der Waals surface area (Å²) in [7, 11) is 1.85. The number of nitrogens with one attached hydrogen (secondary N) is 1. The van der Waals surface area contributed by atoms with Crippen molar-refractivity contribution in [1.29, 1.82) is 0 Å². The second-order valence-corrected chi connectivity index (χ2v) is 4.75. The summed E-state index contributed by atoms with van der Waals surface area (Å²) in [6, 6.07) is 3.08. The average molecular weight is 299 g/mol. The van der Waals surface area contributed by atoms with Gasteiger partial charge >= 0.3 is 0 Å². The molecule has 0 atom stereocenters. The van der Waals surface area contributed by atoms with Crippen LogP contribution < -0.4 is 5.32 Å². The molecule has 1 N–H and O–H groups in total. The summed E-state index contributed by atoms with van der Waals surface area (Å²) in [5.74, 6) is -0.266. The maximum absolute atomic E-state index is 11.9. The van der Waals surface area contributed by atoms with Crippen molar-refractivity contribution in [2.75, 3.05) is 6.54 Å². The van der Waals surface area contributed by atoms with Crippen LogP contribution in [-0.2, 0) is 13.5 Å². The lowest BCUT2D eigenvalue weighted by atomic mass is 10.2. The van der Waals surface area contributed by atoms with Crippen LogP contribution in [-0.4, -0.2) is 27.2 Å². The fraction of sp³-hybridized carbons (Fsp3) is 0.250. The first-order valence-corrected chi connectivity index (χ1v) is 6.39. The van der Waals surface area contributed by atoms with E-state index in [1.165, 1.54) is 6.07 Å². The summed E-state index contributed by atoms with van der Waals surface area (Å²) in [5, 5.41) is 7.19. The second-order valence-electron chi connectivity index (χ2n) is 4.00. The van der Waals surface area contributed by atoms with E-state index < -0.39 is 0 Å². The Morgan fingerprint density at radius 3 is 2.84 bits per heavy atom. The van der Waals surface area contributed by atoms with E-state index in [-0.39, 0.29) is 16.2 Å². The molecule has 100 valence electrons. The molecule has 0 bridgehead atoms. The van der Waals surface area contributed by atoms with Gasteiger partial charge in [0.25, 0.3) is 5.91 Å². The van der Waals surface area contributed by atoms with Crippen LogP contribution in [0.4, 0.5) is 0 Å². The molecule has 0 spiro atoms. The lowest BCUT2D eigenvalue weighted by Crippen LogP contribution is -2.26. The Morgan fingerprint density at radius 2 is 2.21 bits per heavy atom. The molecule has 2 heterocycles. The van der Waals surface area contributed by atoms with E-state index in [9.17, 15) is 4.79 Å². The number of rotatable bonds is 4. The second kappa shape index (κ2) is 6.04. The Hall–Kier alpha value is -1.59. The van der Waals surface area contributed by atoms with Gasteiger partial charge in [-0.05, 0) is 24.1 Å². The van der Waals surface area contributed by atoms with Crippen LogP contribution in [0.2, 0.25) is 10.3 Å². The normalized spacial score (nSPS) is 10.5. The highest BCUT2D eigenvalue weighted by atomic mass is 35.5. The lowest BCUT2D eigenvalue weighted by molar-refractivity contribution is 0.0954.